The molecule has 4 aliphatic rings. The smallest absolute Gasteiger partial charge is 0.302 e. The maximum Gasteiger partial charge on any atom is 0.302 e. The number of rotatable bonds is 7. The first-order chi connectivity index (χ1) is 15.1. The molecule has 4 aliphatic carbocycles. The zero-order valence-electron chi connectivity index (χ0n) is 22.3. The summed E-state index contributed by atoms with van der Waals surface area (Å²) in [5.74, 6) is 7.61. The van der Waals surface area contributed by atoms with E-state index >= 15 is 0 Å². The molecule has 2 nitrogen and oxygen atoms in total. The lowest BCUT2D eigenvalue weighted by molar-refractivity contribution is -0.144. The summed E-state index contributed by atoms with van der Waals surface area (Å²) < 4.78 is 5.50. The molecule has 0 bridgehead atoms. The Morgan fingerprint density at radius 2 is 1.50 bits per heavy atom. The van der Waals surface area contributed by atoms with Gasteiger partial charge in [-0.05, 0) is 115 Å². The predicted molar refractivity (Wildman–Crippen MR) is 133 cm³/mol. The Labute approximate surface area is 199 Å². The predicted octanol–water partition coefficient (Wildman–Crippen LogP) is 8.14. The van der Waals surface area contributed by atoms with E-state index in [2.05, 4.69) is 41.5 Å². The van der Waals surface area contributed by atoms with Crippen LogP contribution >= 0.6 is 0 Å². The molecule has 4 fully saturated rings. The number of carbonyl (C=O) groups excluding carboxylic acids is 1. The van der Waals surface area contributed by atoms with Gasteiger partial charge < -0.3 is 4.74 Å². The van der Waals surface area contributed by atoms with Gasteiger partial charge in [-0.15, -0.1) is 0 Å². The summed E-state index contributed by atoms with van der Waals surface area (Å²) in [4.78, 5) is 11.4. The maximum atomic E-state index is 11.4. The second kappa shape index (κ2) is 9.26. The van der Waals surface area contributed by atoms with Crippen LogP contribution in [-0.4, -0.2) is 12.6 Å². The van der Waals surface area contributed by atoms with E-state index in [0.717, 1.165) is 47.3 Å². The van der Waals surface area contributed by atoms with E-state index < -0.39 is 0 Å². The zero-order chi connectivity index (χ0) is 23.3. The van der Waals surface area contributed by atoms with Crippen molar-refractivity contribution in [1.29, 1.82) is 0 Å². The summed E-state index contributed by atoms with van der Waals surface area (Å²) in [6, 6.07) is 0. The fourth-order valence-electron chi connectivity index (χ4n) is 9.79. The number of esters is 1. The lowest BCUT2D eigenvalue weighted by Gasteiger charge is -2.58. The molecule has 0 aromatic carbocycles. The van der Waals surface area contributed by atoms with Gasteiger partial charge in [-0.25, -0.2) is 0 Å². The third kappa shape index (κ3) is 4.19. The number of ether oxygens (including phenoxy) is 1. The first kappa shape index (κ1) is 24.6. The topological polar surface area (TPSA) is 26.3 Å². The fourth-order valence-corrected chi connectivity index (χ4v) is 9.79. The average molecular weight is 445 g/mol. The van der Waals surface area contributed by atoms with Gasteiger partial charge >= 0.3 is 5.97 Å². The van der Waals surface area contributed by atoms with Gasteiger partial charge in [0, 0.05) is 6.92 Å². The van der Waals surface area contributed by atoms with Crippen LogP contribution in [0.3, 0.4) is 0 Å². The van der Waals surface area contributed by atoms with Gasteiger partial charge in [0.1, 0.15) is 0 Å². The highest BCUT2D eigenvalue weighted by Crippen LogP contribution is 2.69. The zero-order valence-corrected chi connectivity index (χ0v) is 22.3. The number of carbonyl (C=O) groups is 1. The van der Waals surface area contributed by atoms with Crippen molar-refractivity contribution >= 4 is 5.97 Å². The first-order valence-electron chi connectivity index (χ1n) is 14.2. The SMILES string of the molecule is CC(=O)OCC1CCC2(C)C1CCC1C3CCC(C(C)CCC(C)C(C)C)C3(C)CCC12. The molecule has 184 valence electrons. The van der Waals surface area contributed by atoms with Crippen molar-refractivity contribution in [3.63, 3.8) is 0 Å². The highest BCUT2D eigenvalue weighted by molar-refractivity contribution is 5.65. The van der Waals surface area contributed by atoms with E-state index in [-0.39, 0.29) is 5.97 Å². The van der Waals surface area contributed by atoms with Crippen LogP contribution in [0.25, 0.3) is 0 Å². The van der Waals surface area contributed by atoms with Crippen molar-refractivity contribution in [3.05, 3.63) is 0 Å². The average Bonchev–Trinajstić information content (AvgIpc) is 3.26. The van der Waals surface area contributed by atoms with Gasteiger partial charge in [0.25, 0.3) is 0 Å². The summed E-state index contributed by atoms with van der Waals surface area (Å²) in [5.41, 5.74) is 1.08. The molecular formula is C30H52O2. The van der Waals surface area contributed by atoms with Gasteiger partial charge in [-0.3, -0.25) is 4.79 Å². The van der Waals surface area contributed by atoms with Gasteiger partial charge in [0.2, 0.25) is 0 Å². The second-order valence-electron chi connectivity index (χ2n) is 13.7. The summed E-state index contributed by atoms with van der Waals surface area (Å²) >= 11 is 0. The van der Waals surface area contributed by atoms with Gasteiger partial charge in [0.05, 0.1) is 6.61 Å². The van der Waals surface area contributed by atoms with E-state index in [9.17, 15) is 4.79 Å². The van der Waals surface area contributed by atoms with Crippen LogP contribution < -0.4 is 0 Å². The van der Waals surface area contributed by atoms with Crippen molar-refractivity contribution in [2.45, 2.75) is 113 Å². The molecule has 2 heteroatoms. The number of hydrogen-bond acceptors (Lipinski definition) is 2. The van der Waals surface area contributed by atoms with Gasteiger partial charge in [0.15, 0.2) is 0 Å². The van der Waals surface area contributed by atoms with Crippen molar-refractivity contribution in [3.8, 4) is 0 Å². The Balaban J connectivity index is 1.43. The lowest BCUT2D eigenvalue weighted by Crippen LogP contribution is -2.51. The van der Waals surface area contributed by atoms with Crippen LogP contribution in [0.15, 0.2) is 0 Å². The van der Waals surface area contributed by atoms with Crippen LogP contribution in [0.2, 0.25) is 0 Å². The Bertz CT molecular complexity index is 670. The van der Waals surface area contributed by atoms with Crippen molar-refractivity contribution in [2.24, 2.45) is 64.1 Å². The van der Waals surface area contributed by atoms with E-state index in [1.165, 1.54) is 64.2 Å². The van der Waals surface area contributed by atoms with Crippen molar-refractivity contribution in [1.82, 2.24) is 0 Å². The Kier molecular flexibility index (Phi) is 7.11. The first-order valence-corrected chi connectivity index (χ1v) is 14.2. The molecule has 4 rings (SSSR count). The molecule has 0 aromatic heterocycles. The van der Waals surface area contributed by atoms with Crippen molar-refractivity contribution in [2.75, 3.05) is 6.61 Å². The van der Waals surface area contributed by atoms with E-state index in [1.54, 1.807) is 6.92 Å². The quantitative estimate of drug-likeness (QED) is 0.370. The molecule has 4 saturated carbocycles. The van der Waals surface area contributed by atoms with E-state index in [1.807, 2.05) is 0 Å². The number of fused-ring (bicyclic) bond motifs is 5. The second-order valence-corrected chi connectivity index (χ2v) is 13.7. The minimum absolute atomic E-state index is 0.102. The van der Waals surface area contributed by atoms with Crippen LogP contribution in [0.5, 0.6) is 0 Å². The molecule has 0 N–H and O–H groups in total. The minimum Gasteiger partial charge on any atom is -0.466 e. The van der Waals surface area contributed by atoms with Crippen LogP contribution in [-0.2, 0) is 9.53 Å². The molecular weight excluding hydrogens is 392 g/mol. The Morgan fingerprint density at radius 1 is 0.844 bits per heavy atom. The lowest BCUT2D eigenvalue weighted by atomic mass is 9.46. The van der Waals surface area contributed by atoms with Crippen LogP contribution in [0, 0.1) is 64.1 Å². The van der Waals surface area contributed by atoms with Gasteiger partial charge in [-0.2, -0.15) is 0 Å². The summed E-state index contributed by atoms with van der Waals surface area (Å²) in [7, 11) is 0. The summed E-state index contributed by atoms with van der Waals surface area (Å²) in [6.45, 7) is 17.4. The molecule has 0 heterocycles. The monoisotopic (exact) mass is 444 g/mol. The molecule has 0 spiro atoms. The standard InChI is InChI=1S/C30H52O2/c1-19(2)20(3)8-9-21(4)25-12-13-27-24-10-11-26-23(18-32-22(5)31)14-16-30(26,7)28(24)15-17-29(25,27)6/h19-21,23-28H,8-18H2,1-7H3. The molecule has 0 aromatic rings. The molecule has 0 radical (unpaired) electrons. The molecule has 0 saturated heterocycles. The Hall–Kier alpha value is -0.530. The van der Waals surface area contributed by atoms with E-state index in [4.69, 9.17) is 4.74 Å². The molecule has 32 heavy (non-hydrogen) atoms. The third-order valence-corrected chi connectivity index (χ3v) is 12.0. The fraction of sp³-hybridized carbons (Fsp3) is 0.967. The summed E-state index contributed by atoms with van der Waals surface area (Å²) in [6.07, 6.45) is 14.2. The molecule has 10 atom stereocenters. The third-order valence-electron chi connectivity index (χ3n) is 12.0. The Morgan fingerprint density at radius 3 is 2.19 bits per heavy atom. The van der Waals surface area contributed by atoms with Crippen LogP contribution in [0.4, 0.5) is 0 Å². The molecule has 10 unspecified atom stereocenters. The van der Waals surface area contributed by atoms with Crippen molar-refractivity contribution < 1.29 is 9.53 Å². The maximum absolute atomic E-state index is 11.4. The van der Waals surface area contributed by atoms with E-state index in [0.29, 0.717) is 23.4 Å². The normalized spacial score (nSPS) is 45.1. The van der Waals surface area contributed by atoms with Gasteiger partial charge in [-0.1, -0.05) is 54.4 Å². The minimum atomic E-state index is -0.102. The highest BCUT2D eigenvalue weighted by atomic mass is 16.5. The summed E-state index contributed by atoms with van der Waals surface area (Å²) in [5, 5.41) is 0. The number of hydrogen-bond donors (Lipinski definition) is 0. The van der Waals surface area contributed by atoms with Crippen LogP contribution in [0.1, 0.15) is 113 Å². The molecule has 0 aliphatic heterocycles. The highest BCUT2D eigenvalue weighted by Gasteiger charge is 2.62. The largest absolute Gasteiger partial charge is 0.466 e. The molecule has 0 amide bonds.